The average Bonchev–Trinajstić information content (AvgIpc) is 3.68. The van der Waals surface area contributed by atoms with Gasteiger partial charge in [0.05, 0.1) is 33.8 Å². The maximum Gasteiger partial charge on any atom is 0.0730 e. The van der Waals surface area contributed by atoms with E-state index in [4.69, 9.17) is 4.98 Å². The van der Waals surface area contributed by atoms with E-state index >= 15 is 0 Å². The quantitative estimate of drug-likeness (QED) is 0.194. The van der Waals surface area contributed by atoms with Gasteiger partial charge in [0, 0.05) is 38.3 Å². The van der Waals surface area contributed by atoms with Gasteiger partial charge < -0.3 is 9.13 Å². The van der Waals surface area contributed by atoms with Gasteiger partial charge in [-0.05, 0) is 89.0 Å². The van der Waals surface area contributed by atoms with Gasteiger partial charge in [0.25, 0.3) is 0 Å². The topological polar surface area (TPSA) is 22.8 Å². The van der Waals surface area contributed by atoms with Crippen molar-refractivity contribution in [1.82, 2.24) is 14.1 Å². The van der Waals surface area contributed by atoms with Crippen LogP contribution in [0.5, 0.6) is 0 Å². The Morgan fingerprint density at radius 2 is 0.854 bits per heavy atom. The van der Waals surface area contributed by atoms with Gasteiger partial charge in [0.1, 0.15) is 0 Å². The fraction of sp³-hybridized carbons (Fsp3) is 0. The number of pyridine rings is 1. The zero-order chi connectivity index (χ0) is 31.6. The third-order valence-corrected chi connectivity index (χ3v) is 9.73. The molecule has 0 amide bonds. The summed E-state index contributed by atoms with van der Waals surface area (Å²) in [5, 5.41) is 6.15. The number of nitrogens with zero attached hydrogens (tertiary/aromatic N) is 3. The molecular formula is C45H29N3. The Hall–Kier alpha value is -6.45. The second-order valence-corrected chi connectivity index (χ2v) is 12.4. The highest BCUT2D eigenvalue weighted by Crippen LogP contribution is 2.39. The predicted octanol–water partition coefficient (Wildman–Crippen LogP) is 11.8. The summed E-state index contributed by atoms with van der Waals surface area (Å²) in [5.41, 5.74) is 12.8. The minimum atomic E-state index is 1.01. The summed E-state index contributed by atoms with van der Waals surface area (Å²) >= 11 is 0. The molecule has 48 heavy (non-hydrogen) atoms. The Bertz CT molecular complexity index is 2820. The first-order valence-corrected chi connectivity index (χ1v) is 16.4. The van der Waals surface area contributed by atoms with Crippen LogP contribution < -0.4 is 0 Å². The highest BCUT2D eigenvalue weighted by Gasteiger charge is 2.17. The number of rotatable bonds is 4. The van der Waals surface area contributed by atoms with Gasteiger partial charge in [-0.15, -0.1) is 0 Å². The molecular weight excluding hydrogens is 583 g/mol. The van der Waals surface area contributed by atoms with Gasteiger partial charge in [-0.2, -0.15) is 0 Å². The van der Waals surface area contributed by atoms with Crippen molar-refractivity contribution in [2.75, 3.05) is 0 Å². The Labute approximate surface area is 277 Å². The number of aromatic nitrogens is 3. The van der Waals surface area contributed by atoms with E-state index in [-0.39, 0.29) is 0 Å². The van der Waals surface area contributed by atoms with Crippen molar-refractivity contribution in [3.63, 3.8) is 0 Å². The van der Waals surface area contributed by atoms with E-state index in [1.165, 1.54) is 71.4 Å². The Morgan fingerprint density at radius 1 is 0.333 bits per heavy atom. The van der Waals surface area contributed by atoms with E-state index in [0.717, 1.165) is 16.7 Å². The van der Waals surface area contributed by atoms with E-state index in [1.807, 2.05) is 6.20 Å². The van der Waals surface area contributed by atoms with Crippen LogP contribution in [0.2, 0.25) is 0 Å². The molecule has 0 bridgehead atoms. The first-order chi connectivity index (χ1) is 23.8. The third-order valence-electron chi connectivity index (χ3n) is 9.73. The number of benzene rings is 7. The monoisotopic (exact) mass is 611 g/mol. The van der Waals surface area contributed by atoms with Gasteiger partial charge in [-0.3, -0.25) is 4.98 Å². The molecule has 0 radical (unpaired) electrons. The first-order valence-electron chi connectivity index (χ1n) is 16.4. The lowest BCUT2D eigenvalue weighted by Crippen LogP contribution is -1.93. The predicted molar refractivity (Wildman–Crippen MR) is 201 cm³/mol. The molecule has 10 rings (SSSR count). The highest BCUT2D eigenvalue weighted by atomic mass is 15.0. The van der Waals surface area contributed by atoms with Crippen molar-refractivity contribution in [3.8, 4) is 33.6 Å². The summed E-state index contributed by atoms with van der Waals surface area (Å²) in [7, 11) is 0. The van der Waals surface area contributed by atoms with Gasteiger partial charge in [0.2, 0.25) is 0 Å². The lowest BCUT2D eigenvalue weighted by atomic mass is 9.96. The molecule has 3 nitrogen and oxygen atoms in total. The molecule has 3 heterocycles. The molecule has 0 atom stereocenters. The molecule has 0 N–H and O–H groups in total. The van der Waals surface area contributed by atoms with E-state index in [0.29, 0.717) is 0 Å². The Kier molecular flexibility index (Phi) is 5.87. The highest BCUT2D eigenvalue weighted by molar-refractivity contribution is 6.21. The third kappa shape index (κ3) is 4.04. The molecule has 7 aromatic carbocycles. The largest absolute Gasteiger partial charge is 0.309 e. The van der Waals surface area contributed by atoms with Crippen molar-refractivity contribution in [1.29, 1.82) is 0 Å². The van der Waals surface area contributed by atoms with Crippen LogP contribution in [0, 0.1) is 0 Å². The molecule has 0 aliphatic carbocycles. The van der Waals surface area contributed by atoms with Crippen LogP contribution in [-0.4, -0.2) is 14.1 Å². The fourth-order valence-corrected chi connectivity index (χ4v) is 7.57. The second kappa shape index (κ2) is 10.5. The minimum Gasteiger partial charge on any atom is -0.309 e. The smallest absolute Gasteiger partial charge is 0.0730 e. The van der Waals surface area contributed by atoms with Crippen molar-refractivity contribution in [2.45, 2.75) is 0 Å². The number of hydrogen-bond donors (Lipinski definition) is 0. The van der Waals surface area contributed by atoms with Crippen molar-refractivity contribution in [2.24, 2.45) is 0 Å². The Balaban J connectivity index is 1.15. The molecule has 10 aromatic rings. The van der Waals surface area contributed by atoms with E-state index < -0.39 is 0 Å². The Morgan fingerprint density at radius 3 is 1.56 bits per heavy atom. The van der Waals surface area contributed by atoms with Crippen LogP contribution in [0.25, 0.3) is 88.1 Å². The summed E-state index contributed by atoms with van der Waals surface area (Å²) in [6.07, 6.45) is 2.02. The molecule has 0 unspecified atom stereocenters. The molecule has 3 aromatic heterocycles. The molecule has 0 aliphatic heterocycles. The molecule has 0 fully saturated rings. The summed E-state index contributed by atoms with van der Waals surface area (Å²) < 4.78 is 4.70. The van der Waals surface area contributed by atoms with Gasteiger partial charge in [0.15, 0.2) is 0 Å². The van der Waals surface area contributed by atoms with Crippen LogP contribution in [-0.2, 0) is 0 Å². The first kappa shape index (κ1) is 26.7. The number of hydrogen-bond acceptors (Lipinski definition) is 1. The van der Waals surface area contributed by atoms with Gasteiger partial charge in [-0.25, -0.2) is 0 Å². The summed E-state index contributed by atoms with van der Waals surface area (Å²) in [6, 6.07) is 61.1. The average molecular weight is 612 g/mol. The zero-order valence-electron chi connectivity index (χ0n) is 26.1. The standard InChI is InChI=1S/C45H29N3/c1-3-14-34(15-4-1)47-41-21-10-8-18-36(41)38-27-32(22-24-42(38)47)30-12-11-13-31(26-30)33-23-25-43-39(28-33)45-37-19-7-9-20-40(37)46-29-44(45)48(43)35-16-5-2-6-17-35/h1-29H. The maximum atomic E-state index is 4.85. The van der Waals surface area contributed by atoms with E-state index in [9.17, 15) is 0 Å². The SMILES string of the molecule is c1ccc(-n2c3ccccc3c3cc(-c4cccc(-c5ccc6c(c5)c5c7ccccc7ncc5n6-c5ccccc5)c4)ccc32)cc1. The lowest BCUT2D eigenvalue weighted by molar-refractivity contribution is 1.17. The molecule has 224 valence electrons. The molecule has 0 spiro atoms. The minimum absolute atomic E-state index is 1.01. The normalized spacial score (nSPS) is 11.8. The molecule has 0 saturated carbocycles. The number of fused-ring (bicyclic) bond motifs is 8. The summed E-state index contributed by atoms with van der Waals surface area (Å²) in [5.74, 6) is 0. The van der Waals surface area contributed by atoms with E-state index in [1.54, 1.807) is 0 Å². The van der Waals surface area contributed by atoms with Crippen molar-refractivity contribution >= 4 is 54.5 Å². The maximum absolute atomic E-state index is 4.85. The van der Waals surface area contributed by atoms with Gasteiger partial charge in [-0.1, -0.05) is 103 Å². The van der Waals surface area contributed by atoms with Crippen LogP contribution in [0.15, 0.2) is 176 Å². The fourth-order valence-electron chi connectivity index (χ4n) is 7.57. The molecule has 0 aliphatic rings. The van der Waals surface area contributed by atoms with Crippen LogP contribution in [0.4, 0.5) is 0 Å². The zero-order valence-corrected chi connectivity index (χ0v) is 26.1. The van der Waals surface area contributed by atoms with Crippen LogP contribution in [0.3, 0.4) is 0 Å². The van der Waals surface area contributed by atoms with Crippen molar-refractivity contribution < 1.29 is 0 Å². The number of para-hydroxylation sites is 4. The van der Waals surface area contributed by atoms with Crippen LogP contribution >= 0.6 is 0 Å². The summed E-state index contributed by atoms with van der Waals surface area (Å²) in [4.78, 5) is 4.85. The summed E-state index contributed by atoms with van der Waals surface area (Å²) in [6.45, 7) is 0. The lowest BCUT2D eigenvalue weighted by Gasteiger charge is -2.10. The van der Waals surface area contributed by atoms with Gasteiger partial charge >= 0.3 is 0 Å². The van der Waals surface area contributed by atoms with Crippen molar-refractivity contribution in [3.05, 3.63) is 176 Å². The molecule has 3 heteroatoms. The van der Waals surface area contributed by atoms with Crippen LogP contribution in [0.1, 0.15) is 0 Å². The molecule has 0 saturated heterocycles. The second-order valence-electron chi connectivity index (χ2n) is 12.4. The van der Waals surface area contributed by atoms with E-state index in [2.05, 4.69) is 179 Å².